The summed E-state index contributed by atoms with van der Waals surface area (Å²) in [6, 6.07) is 0. The van der Waals surface area contributed by atoms with E-state index in [4.69, 9.17) is 5.11 Å². The van der Waals surface area contributed by atoms with Crippen LogP contribution in [0.4, 0.5) is 0 Å². The van der Waals surface area contributed by atoms with E-state index >= 15 is 0 Å². The van der Waals surface area contributed by atoms with Crippen LogP contribution in [0.3, 0.4) is 0 Å². The van der Waals surface area contributed by atoms with Gasteiger partial charge in [0, 0.05) is 13.1 Å². The number of carboxylic acid groups (broad SMARTS) is 1. The Morgan fingerprint density at radius 1 is 1.77 bits per heavy atom. The summed E-state index contributed by atoms with van der Waals surface area (Å²) in [6.45, 7) is 6.84. The van der Waals surface area contributed by atoms with E-state index in [1.807, 2.05) is 0 Å². The molecule has 0 aromatic rings. The zero-order valence-corrected chi connectivity index (χ0v) is 8.29. The largest absolute Gasteiger partial charge is 0.481 e. The van der Waals surface area contributed by atoms with Gasteiger partial charge in [0.2, 0.25) is 0 Å². The van der Waals surface area contributed by atoms with Crippen LogP contribution in [-0.4, -0.2) is 35.6 Å². The van der Waals surface area contributed by atoms with Crippen molar-refractivity contribution in [3.8, 4) is 0 Å². The molecule has 3 nitrogen and oxygen atoms in total. The fourth-order valence-electron chi connectivity index (χ4n) is 1.57. The minimum atomic E-state index is -0.712. The Morgan fingerprint density at radius 2 is 2.46 bits per heavy atom. The summed E-state index contributed by atoms with van der Waals surface area (Å²) in [5.74, 6) is -1.02. The minimum absolute atomic E-state index is 0.306. The van der Waals surface area contributed by atoms with Crippen LogP contribution in [0.15, 0.2) is 11.6 Å². The summed E-state index contributed by atoms with van der Waals surface area (Å²) in [5.41, 5.74) is 1.08. The van der Waals surface area contributed by atoms with Crippen molar-refractivity contribution in [2.75, 3.05) is 19.6 Å². The van der Waals surface area contributed by atoms with Gasteiger partial charge in [0.05, 0.1) is 5.92 Å². The smallest absolute Gasteiger partial charge is 0.310 e. The monoisotopic (exact) mass is 183 g/mol. The zero-order chi connectivity index (χ0) is 9.84. The van der Waals surface area contributed by atoms with Crippen LogP contribution in [0.5, 0.6) is 0 Å². The molecule has 0 saturated carbocycles. The Balaban J connectivity index is 2.54. The van der Waals surface area contributed by atoms with Gasteiger partial charge in [-0.05, 0) is 19.9 Å². The standard InChI is InChI=1S/C10H17NO2/c1-3-11-6-4-9(5-7-11)8(2)10(12)13/h4,8H,3,5-7H2,1-2H3,(H,12,13). The van der Waals surface area contributed by atoms with Crippen molar-refractivity contribution in [3.05, 3.63) is 11.6 Å². The average molecular weight is 183 g/mol. The molecule has 1 aliphatic rings. The fraction of sp³-hybridized carbons (Fsp3) is 0.700. The first kappa shape index (κ1) is 10.3. The van der Waals surface area contributed by atoms with E-state index in [2.05, 4.69) is 17.9 Å². The molecule has 0 bridgehead atoms. The van der Waals surface area contributed by atoms with Gasteiger partial charge < -0.3 is 5.11 Å². The van der Waals surface area contributed by atoms with E-state index in [-0.39, 0.29) is 5.92 Å². The molecule has 0 aromatic carbocycles. The number of carboxylic acids is 1. The lowest BCUT2D eigenvalue weighted by Crippen LogP contribution is -2.30. The molecule has 1 unspecified atom stereocenters. The average Bonchev–Trinajstić information content (AvgIpc) is 2.17. The second-order valence-corrected chi connectivity index (χ2v) is 3.48. The van der Waals surface area contributed by atoms with Crippen LogP contribution in [-0.2, 0) is 4.79 Å². The lowest BCUT2D eigenvalue weighted by molar-refractivity contribution is -0.139. The molecule has 0 aromatic heterocycles. The van der Waals surface area contributed by atoms with Gasteiger partial charge in [-0.2, -0.15) is 0 Å². The normalized spacial score (nSPS) is 20.9. The van der Waals surface area contributed by atoms with E-state index in [0.29, 0.717) is 0 Å². The maximum atomic E-state index is 10.7. The molecule has 1 rings (SSSR count). The van der Waals surface area contributed by atoms with Gasteiger partial charge in [-0.1, -0.05) is 18.6 Å². The Hall–Kier alpha value is -0.830. The Morgan fingerprint density at radius 3 is 2.85 bits per heavy atom. The third kappa shape index (κ3) is 2.56. The lowest BCUT2D eigenvalue weighted by Gasteiger charge is -2.26. The van der Waals surface area contributed by atoms with E-state index in [1.54, 1.807) is 6.92 Å². The number of aliphatic carboxylic acids is 1. The summed E-state index contributed by atoms with van der Waals surface area (Å²) in [7, 11) is 0. The predicted octanol–water partition coefficient (Wildman–Crippen LogP) is 1.36. The van der Waals surface area contributed by atoms with Crippen molar-refractivity contribution in [2.24, 2.45) is 5.92 Å². The molecular weight excluding hydrogens is 166 g/mol. The maximum absolute atomic E-state index is 10.7. The quantitative estimate of drug-likeness (QED) is 0.672. The molecule has 3 heteroatoms. The van der Waals surface area contributed by atoms with Gasteiger partial charge in [-0.25, -0.2) is 0 Å². The van der Waals surface area contributed by atoms with Gasteiger partial charge in [0.25, 0.3) is 0 Å². The molecule has 0 aliphatic carbocycles. The molecule has 13 heavy (non-hydrogen) atoms. The van der Waals surface area contributed by atoms with Crippen molar-refractivity contribution >= 4 is 5.97 Å². The Bertz CT molecular complexity index is 223. The van der Waals surface area contributed by atoms with Gasteiger partial charge in [-0.3, -0.25) is 9.69 Å². The molecule has 74 valence electrons. The molecule has 0 radical (unpaired) electrons. The highest BCUT2D eigenvalue weighted by Crippen LogP contribution is 2.19. The van der Waals surface area contributed by atoms with Gasteiger partial charge in [0.15, 0.2) is 0 Å². The molecule has 1 N–H and O–H groups in total. The minimum Gasteiger partial charge on any atom is -0.481 e. The fourth-order valence-corrected chi connectivity index (χ4v) is 1.57. The highest BCUT2D eigenvalue weighted by Gasteiger charge is 2.19. The van der Waals surface area contributed by atoms with Gasteiger partial charge in [-0.15, -0.1) is 0 Å². The van der Waals surface area contributed by atoms with Gasteiger partial charge >= 0.3 is 5.97 Å². The molecule has 0 fully saturated rings. The van der Waals surface area contributed by atoms with Crippen molar-refractivity contribution in [3.63, 3.8) is 0 Å². The summed E-state index contributed by atoms with van der Waals surface area (Å²) < 4.78 is 0. The number of nitrogens with zero attached hydrogens (tertiary/aromatic N) is 1. The van der Waals surface area contributed by atoms with Crippen molar-refractivity contribution in [1.82, 2.24) is 4.90 Å². The molecule has 1 atom stereocenters. The highest BCUT2D eigenvalue weighted by atomic mass is 16.4. The summed E-state index contributed by atoms with van der Waals surface area (Å²) in [5, 5.41) is 8.80. The van der Waals surface area contributed by atoms with E-state index in [0.717, 1.165) is 31.6 Å². The second kappa shape index (κ2) is 4.42. The number of carbonyl (C=O) groups is 1. The van der Waals surface area contributed by atoms with Crippen molar-refractivity contribution < 1.29 is 9.90 Å². The third-order valence-corrected chi connectivity index (χ3v) is 2.70. The van der Waals surface area contributed by atoms with Crippen molar-refractivity contribution in [1.29, 1.82) is 0 Å². The maximum Gasteiger partial charge on any atom is 0.310 e. The third-order valence-electron chi connectivity index (χ3n) is 2.70. The van der Waals surface area contributed by atoms with E-state index < -0.39 is 5.97 Å². The topological polar surface area (TPSA) is 40.5 Å². The second-order valence-electron chi connectivity index (χ2n) is 3.48. The molecule has 0 saturated heterocycles. The predicted molar refractivity (Wildman–Crippen MR) is 51.6 cm³/mol. The number of rotatable bonds is 3. The van der Waals surface area contributed by atoms with E-state index in [1.165, 1.54) is 0 Å². The lowest BCUT2D eigenvalue weighted by atomic mass is 9.95. The molecule has 1 heterocycles. The van der Waals surface area contributed by atoms with Crippen LogP contribution in [0.2, 0.25) is 0 Å². The van der Waals surface area contributed by atoms with Crippen LogP contribution >= 0.6 is 0 Å². The van der Waals surface area contributed by atoms with Crippen LogP contribution in [0, 0.1) is 5.92 Å². The SMILES string of the molecule is CCN1CC=C(C(C)C(=O)O)CC1. The molecular formula is C10H17NO2. The first-order valence-corrected chi connectivity index (χ1v) is 4.79. The first-order valence-electron chi connectivity index (χ1n) is 4.79. The zero-order valence-electron chi connectivity index (χ0n) is 8.29. The number of hydrogen-bond donors (Lipinski definition) is 1. The van der Waals surface area contributed by atoms with Crippen LogP contribution in [0.1, 0.15) is 20.3 Å². The van der Waals surface area contributed by atoms with E-state index in [9.17, 15) is 4.79 Å². The first-order chi connectivity index (χ1) is 6.15. The Labute approximate surface area is 79.0 Å². The molecule has 0 spiro atoms. The van der Waals surface area contributed by atoms with Crippen LogP contribution in [0.25, 0.3) is 0 Å². The Kier molecular flexibility index (Phi) is 3.48. The highest BCUT2D eigenvalue weighted by molar-refractivity contribution is 5.73. The summed E-state index contributed by atoms with van der Waals surface area (Å²) >= 11 is 0. The number of hydrogen-bond acceptors (Lipinski definition) is 2. The molecule has 0 amide bonds. The molecule has 1 aliphatic heterocycles. The summed E-state index contributed by atoms with van der Waals surface area (Å²) in [4.78, 5) is 13.0. The van der Waals surface area contributed by atoms with Gasteiger partial charge in [0.1, 0.15) is 0 Å². The van der Waals surface area contributed by atoms with Crippen molar-refractivity contribution in [2.45, 2.75) is 20.3 Å². The van der Waals surface area contributed by atoms with Crippen LogP contribution < -0.4 is 0 Å². The summed E-state index contributed by atoms with van der Waals surface area (Å²) in [6.07, 6.45) is 2.97. The number of likely N-dealkylation sites (N-methyl/N-ethyl adjacent to an activating group) is 1.